The highest BCUT2D eigenvalue weighted by Crippen LogP contribution is 2.38. The largest absolute Gasteiger partial charge is 0.445 e. The van der Waals surface area contributed by atoms with Gasteiger partial charge in [0.05, 0.1) is 12.6 Å². The average Bonchev–Trinajstić information content (AvgIpc) is 3.03. The number of likely N-dealkylation sites (tertiary alicyclic amines) is 2. The zero-order valence-electron chi connectivity index (χ0n) is 17.1. The number of methoxy groups -OCH3 is 1. The molecule has 0 bridgehead atoms. The molecular weight excluding hydrogens is 360 g/mol. The van der Waals surface area contributed by atoms with Gasteiger partial charge in [0.1, 0.15) is 17.8 Å². The standard InChI is InChI=1S/C21H30N2O5/c1-20(2,3)28-19(25)23-12-10-17(23)21(26-4)11-13-22(15-21)18(24)27-14-16-8-6-5-7-9-16/h5-9,17H,10-15H2,1-4H3. The molecule has 7 heteroatoms. The molecule has 2 fully saturated rings. The van der Waals surface area contributed by atoms with Gasteiger partial charge in [-0.05, 0) is 39.2 Å². The number of hydrogen-bond donors (Lipinski definition) is 0. The van der Waals surface area contributed by atoms with E-state index in [1.165, 1.54) is 0 Å². The smallest absolute Gasteiger partial charge is 0.410 e. The van der Waals surface area contributed by atoms with Crippen LogP contribution in [-0.4, -0.2) is 66.0 Å². The molecule has 0 saturated carbocycles. The molecule has 7 nitrogen and oxygen atoms in total. The molecule has 2 unspecified atom stereocenters. The summed E-state index contributed by atoms with van der Waals surface area (Å²) in [5.41, 5.74) is -0.176. The summed E-state index contributed by atoms with van der Waals surface area (Å²) in [6.45, 7) is 7.39. The molecule has 28 heavy (non-hydrogen) atoms. The van der Waals surface area contributed by atoms with Crippen molar-refractivity contribution in [2.24, 2.45) is 0 Å². The highest BCUT2D eigenvalue weighted by atomic mass is 16.6. The average molecular weight is 390 g/mol. The SMILES string of the molecule is COC1(C2CCN2C(=O)OC(C)(C)C)CCN(C(=O)OCc2ccccc2)C1. The van der Waals surface area contributed by atoms with E-state index in [9.17, 15) is 9.59 Å². The second-order valence-electron chi connectivity index (χ2n) is 8.46. The third-order valence-corrected chi connectivity index (χ3v) is 5.39. The monoisotopic (exact) mass is 390 g/mol. The van der Waals surface area contributed by atoms with Crippen molar-refractivity contribution in [1.82, 2.24) is 9.80 Å². The molecule has 2 saturated heterocycles. The van der Waals surface area contributed by atoms with Crippen LogP contribution < -0.4 is 0 Å². The number of ether oxygens (including phenoxy) is 3. The number of carbonyl (C=O) groups is 2. The van der Waals surface area contributed by atoms with Crippen LogP contribution in [0.2, 0.25) is 0 Å². The fourth-order valence-corrected chi connectivity index (χ4v) is 3.82. The second-order valence-corrected chi connectivity index (χ2v) is 8.46. The van der Waals surface area contributed by atoms with Crippen molar-refractivity contribution in [1.29, 1.82) is 0 Å². The maximum atomic E-state index is 12.5. The summed E-state index contributed by atoms with van der Waals surface area (Å²) in [6.07, 6.45) is 0.810. The molecule has 0 N–H and O–H groups in total. The first-order valence-electron chi connectivity index (χ1n) is 9.74. The third-order valence-electron chi connectivity index (χ3n) is 5.39. The minimum atomic E-state index is -0.582. The van der Waals surface area contributed by atoms with Crippen molar-refractivity contribution in [3.8, 4) is 0 Å². The number of benzene rings is 1. The summed E-state index contributed by atoms with van der Waals surface area (Å²) in [7, 11) is 1.64. The Hall–Kier alpha value is -2.28. The van der Waals surface area contributed by atoms with Crippen molar-refractivity contribution in [2.75, 3.05) is 26.7 Å². The van der Waals surface area contributed by atoms with Crippen LogP contribution in [-0.2, 0) is 20.8 Å². The molecule has 0 aromatic heterocycles. The van der Waals surface area contributed by atoms with Gasteiger partial charge in [-0.15, -0.1) is 0 Å². The lowest BCUT2D eigenvalue weighted by Gasteiger charge is -2.49. The molecule has 2 aliphatic rings. The maximum Gasteiger partial charge on any atom is 0.410 e. The Morgan fingerprint density at radius 3 is 2.43 bits per heavy atom. The zero-order chi connectivity index (χ0) is 20.4. The molecule has 154 valence electrons. The van der Waals surface area contributed by atoms with Crippen LogP contribution >= 0.6 is 0 Å². The highest BCUT2D eigenvalue weighted by Gasteiger charge is 2.54. The first-order valence-corrected chi connectivity index (χ1v) is 9.74. The number of carbonyl (C=O) groups excluding carboxylic acids is 2. The lowest BCUT2D eigenvalue weighted by atomic mass is 9.84. The number of rotatable bonds is 4. The summed E-state index contributed by atoms with van der Waals surface area (Å²) in [6, 6.07) is 9.49. The van der Waals surface area contributed by atoms with Crippen LogP contribution in [0.1, 0.15) is 39.2 Å². The molecule has 2 heterocycles. The fourth-order valence-electron chi connectivity index (χ4n) is 3.82. The van der Waals surface area contributed by atoms with Gasteiger partial charge in [0.25, 0.3) is 0 Å². The number of nitrogens with zero attached hydrogens (tertiary/aromatic N) is 2. The Labute approximate surface area is 166 Å². The molecule has 0 radical (unpaired) electrons. The first kappa shape index (κ1) is 20.5. The highest BCUT2D eigenvalue weighted by molar-refractivity contribution is 5.70. The number of amides is 2. The summed E-state index contributed by atoms with van der Waals surface area (Å²) in [4.78, 5) is 28.4. The van der Waals surface area contributed by atoms with Gasteiger partial charge in [0, 0.05) is 20.2 Å². The number of hydrogen-bond acceptors (Lipinski definition) is 5. The second kappa shape index (κ2) is 7.99. The molecule has 1 aromatic rings. The maximum absolute atomic E-state index is 12.5. The predicted octanol–water partition coefficient (Wildman–Crippen LogP) is 3.42. The van der Waals surface area contributed by atoms with Crippen LogP contribution in [0.5, 0.6) is 0 Å². The van der Waals surface area contributed by atoms with E-state index in [1.807, 2.05) is 51.1 Å². The molecule has 3 rings (SSSR count). The van der Waals surface area contributed by atoms with E-state index in [0.29, 0.717) is 26.1 Å². The Kier molecular flexibility index (Phi) is 5.84. The normalized spacial score (nSPS) is 24.6. The van der Waals surface area contributed by atoms with E-state index >= 15 is 0 Å². The third kappa shape index (κ3) is 4.41. The summed E-state index contributed by atoms with van der Waals surface area (Å²) in [5.74, 6) is 0. The van der Waals surface area contributed by atoms with E-state index < -0.39 is 11.2 Å². The Bertz CT molecular complexity index is 702. The minimum Gasteiger partial charge on any atom is -0.445 e. The van der Waals surface area contributed by atoms with Gasteiger partial charge in [-0.1, -0.05) is 30.3 Å². The van der Waals surface area contributed by atoms with E-state index in [0.717, 1.165) is 12.0 Å². The molecule has 2 amide bonds. The van der Waals surface area contributed by atoms with Gasteiger partial charge < -0.3 is 24.0 Å². The van der Waals surface area contributed by atoms with Gasteiger partial charge in [0.15, 0.2) is 0 Å². The summed E-state index contributed by atoms with van der Waals surface area (Å²) < 4.78 is 16.8. The van der Waals surface area contributed by atoms with Crippen LogP contribution in [0.25, 0.3) is 0 Å². The lowest BCUT2D eigenvalue weighted by Crippen LogP contribution is -2.65. The van der Waals surface area contributed by atoms with E-state index in [2.05, 4.69) is 0 Å². The van der Waals surface area contributed by atoms with Crippen LogP contribution in [0.15, 0.2) is 30.3 Å². The molecule has 2 aliphatic heterocycles. The van der Waals surface area contributed by atoms with Crippen LogP contribution in [0, 0.1) is 0 Å². The lowest BCUT2D eigenvalue weighted by molar-refractivity contribution is -0.107. The van der Waals surface area contributed by atoms with Gasteiger partial charge in [0.2, 0.25) is 0 Å². The van der Waals surface area contributed by atoms with Crippen molar-refractivity contribution in [3.05, 3.63) is 35.9 Å². The van der Waals surface area contributed by atoms with E-state index in [-0.39, 0.29) is 24.8 Å². The Morgan fingerprint density at radius 2 is 1.86 bits per heavy atom. The Balaban J connectivity index is 1.59. The summed E-state index contributed by atoms with van der Waals surface area (Å²) >= 11 is 0. The van der Waals surface area contributed by atoms with Crippen molar-refractivity contribution >= 4 is 12.2 Å². The fraction of sp³-hybridized carbons (Fsp3) is 0.619. The van der Waals surface area contributed by atoms with Crippen LogP contribution in [0.4, 0.5) is 9.59 Å². The topological polar surface area (TPSA) is 68.3 Å². The zero-order valence-corrected chi connectivity index (χ0v) is 17.1. The summed E-state index contributed by atoms with van der Waals surface area (Å²) in [5, 5.41) is 0. The van der Waals surface area contributed by atoms with Crippen molar-refractivity contribution in [2.45, 2.75) is 57.5 Å². The molecule has 0 spiro atoms. The predicted molar refractivity (Wildman–Crippen MR) is 104 cm³/mol. The quantitative estimate of drug-likeness (QED) is 0.788. The van der Waals surface area contributed by atoms with Gasteiger partial charge in [-0.2, -0.15) is 0 Å². The van der Waals surface area contributed by atoms with Crippen molar-refractivity contribution < 1.29 is 23.8 Å². The van der Waals surface area contributed by atoms with Crippen LogP contribution in [0.3, 0.4) is 0 Å². The van der Waals surface area contributed by atoms with Crippen molar-refractivity contribution in [3.63, 3.8) is 0 Å². The Morgan fingerprint density at radius 1 is 1.14 bits per heavy atom. The van der Waals surface area contributed by atoms with E-state index in [1.54, 1.807) is 16.9 Å². The first-order chi connectivity index (χ1) is 13.2. The van der Waals surface area contributed by atoms with Gasteiger partial charge in [-0.25, -0.2) is 9.59 Å². The molecular formula is C21H30N2O5. The molecule has 1 aromatic carbocycles. The molecule has 2 atom stereocenters. The molecule has 0 aliphatic carbocycles. The van der Waals surface area contributed by atoms with Gasteiger partial charge in [-0.3, -0.25) is 0 Å². The van der Waals surface area contributed by atoms with Gasteiger partial charge >= 0.3 is 12.2 Å². The minimum absolute atomic E-state index is 0.0979. The van der Waals surface area contributed by atoms with E-state index in [4.69, 9.17) is 14.2 Å².